The Bertz CT molecular complexity index is 371. The lowest BCUT2D eigenvalue weighted by Crippen LogP contribution is -2.24. The molecule has 2 N–H and O–H groups in total. The molecule has 19 heavy (non-hydrogen) atoms. The summed E-state index contributed by atoms with van der Waals surface area (Å²) in [4.78, 5) is 2.60. The fourth-order valence-electron chi connectivity index (χ4n) is 2.83. The first-order chi connectivity index (χ1) is 9.19. The highest BCUT2D eigenvalue weighted by Gasteiger charge is 2.13. The Balaban J connectivity index is 1.91. The van der Waals surface area contributed by atoms with E-state index in [0.29, 0.717) is 5.92 Å². The summed E-state index contributed by atoms with van der Waals surface area (Å²) in [6.45, 7) is 8.90. The molecule has 2 rings (SSSR count). The molecule has 0 spiro atoms. The van der Waals surface area contributed by atoms with Gasteiger partial charge in [0.1, 0.15) is 0 Å². The van der Waals surface area contributed by atoms with Crippen LogP contribution in [0, 0.1) is 5.92 Å². The Morgan fingerprint density at radius 1 is 1.21 bits per heavy atom. The van der Waals surface area contributed by atoms with Gasteiger partial charge in [0.2, 0.25) is 0 Å². The number of likely N-dealkylation sites (tertiary alicyclic amines) is 1. The SMILES string of the molecule is CC1CCCN(Cc2ccc(C(C)CN)cc2)CC1. The minimum Gasteiger partial charge on any atom is -0.330 e. The van der Waals surface area contributed by atoms with Crippen LogP contribution in [0.5, 0.6) is 0 Å². The molecule has 0 bridgehead atoms. The molecule has 2 unspecified atom stereocenters. The topological polar surface area (TPSA) is 29.3 Å². The first-order valence-corrected chi connectivity index (χ1v) is 7.70. The van der Waals surface area contributed by atoms with E-state index in [-0.39, 0.29) is 0 Å². The van der Waals surface area contributed by atoms with Crippen LogP contribution >= 0.6 is 0 Å². The van der Waals surface area contributed by atoms with Crippen molar-refractivity contribution in [2.45, 2.75) is 45.6 Å². The van der Waals surface area contributed by atoms with Crippen molar-refractivity contribution in [3.63, 3.8) is 0 Å². The Morgan fingerprint density at radius 3 is 2.63 bits per heavy atom. The first-order valence-electron chi connectivity index (χ1n) is 7.70. The van der Waals surface area contributed by atoms with Crippen LogP contribution in [0.3, 0.4) is 0 Å². The fraction of sp³-hybridized carbons (Fsp3) is 0.647. The van der Waals surface area contributed by atoms with Crippen molar-refractivity contribution in [1.29, 1.82) is 0 Å². The third-order valence-corrected chi connectivity index (χ3v) is 4.42. The molecule has 1 aromatic rings. The van der Waals surface area contributed by atoms with Crippen molar-refractivity contribution in [1.82, 2.24) is 4.90 Å². The van der Waals surface area contributed by atoms with Crippen LogP contribution in [0.4, 0.5) is 0 Å². The summed E-state index contributed by atoms with van der Waals surface area (Å²) >= 11 is 0. The number of benzene rings is 1. The second kappa shape index (κ2) is 7.06. The Kier molecular flexibility index (Phi) is 5.41. The van der Waals surface area contributed by atoms with Gasteiger partial charge >= 0.3 is 0 Å². The van der Waals surface area contributed by atoms with Gasteiger partial charge in [0.05, 0.1) is 0 Å². The summed E-state index contributed by atoms with van der Waals surface area (Å²) in [6.07, 6.45) is 4.09. The molecule has 2 nitrogen and oxygen atoms in total. The summed E-state index contributed by atoms with van der Waals surface area (Å²) in [5.74, 6) is 1.37. The molecule has 106 valence electrons. The second-order valence-corrected chi connectivity index (χ2v) is 6.19. The average Bonchev–Trinajstić information content (AvgIpc) is 2.64. The fourth-order valence-corrected chi connectivity index (χ4v) is 2.83. The Hall–Kier alpha value is -0.860. The van der Waals surface area contributed by atoms with Gasteiger partial charge in [-0.3, -0.25) is 4.90 Å². The van der Waals surface area contributed by atoms with Crippen molar-refractivity contribution in [3.8, 4) is 0 Å². The predicted molar refractivity (Wildman–Crippen MR) is 82.2 cm³/mol. The zero-order valence-electron chi connectivity index (χ0n) is 12.4. The minimum atomic E-state index is 0.466. The maximum absolute atomic E-state index is 5.71. The zero-order chi connectivity index (χ0) is 13.7. The lowest BCUT2D eigenvalue weighted by Gasteiger charge is -2.20. The van der Waals surface area contributed by atoms with Gasteiger partial charge in [0, 0.05) is 6.54 Å². The van der Waals surface area contributed by atoms with E-state index in [1.165, 1.54) is 43.5 Å². The van der Waals surface area contributed by atoms with Gasteiger partial charge in [-0.2, -0.15) is 0 Å². The van der Waals surface area contributed by atoms with Gasteiger partial charge < -0.3 is 5.73 Å². The van der Waals surface area contributed by atoms with E-state index in [2.05, 4.69) is 43.0 Å². The molecule has 0 amide bonds. The van der Waals surface area contributed by atoms with Crippen LogP contribution < -0.4 is 5.73 Å². The van der Waals surface area contributed by atoms with Gasteiger partial charge in [-0.15, -0.1) is 0 Å². The van der Waals surface area contributed by atoms with Crippen molar-refractivity contribution < 1.29 is 0 Å². The highest BCUT2D eigenvalue weighted by Crippen LogP contribution is 2.19. The van der Waals surface area contributed by atoms with Gasteiger partial charge in [-0.1, -0.05) is 38.1 Å². The van der Waals surface area contributed by atoms with Gasteiger partial charge in [-0.25, -0.2) is 0 Å². The molecule has 1 heterocycles. The molecule has 0 aromatic heterocycles. The third-order valence-electron chi connectivity index (χ3n) is 4.42. The predicted octanol–water partition coefficient (Wildman–Crippen LogP) is 3.37. The normalized spacial score (nSPS) is 23.0. The minimum absolute atomic E-state index is 0.466. The van der Waals surface area contributed by atoms with E-state index in [9.17, 15) is 0 Å². The van der Waals surface area contributed by atoms with Crippen LogP contribution in [0.1, 0.15) is 50.2 Å². The second-order valence-electron chi connectivity index (χ2n) is 6.19. The van der Waals surface area contributed by atoms with Crippen molar-refractivity contribution in [2.75, 3.05) is 19.6 Å². The molecule has 2 heteroatoms. The van der Waals surface area contributed by atoms with E-state index >= 15 is 0 Å². The largest absolute Gasteiger partial charge is 0.330 e. The van der Waals surface area contributed by atoms with E-state index < -0.39 is 0 Å². The lowest BCUT2D eigenvalue weighted by atomic mass is 10.00. The Labute approximate surface area is 118 Å². The highest BCUT2D eigenvalue weighted by molar-refractivity contribution is 5.25. The molecule has 0 radical (unpaired) electrons. The van der Waals surface area contributed by atoms with Gasteiger partial charge in [0.15, 0.2) is 0 Å². The summed E-state index contributed by atoms with van der Waals surface area (Å²) in [7, 11) is 0. The van der Waals surface area contributed by atoms with E-state index in [1.807, 2.05) is 0 Å². The monoisotopic (exact) mass is 260 g/mol. The molecule has 1 aliphatic heterocycles. The van der Waals surface area contributed by atoms with Crippen molar-refractivity contribution >= 4 is 0 Å². The van der Waals surface area contributed by atoms with Crippen LogP contribution in [0.25, 0.3) is 0 Å². The summed E-state index contributed by atoms with van der Waals surface area (Å²) < 4.78 is 0. The molecule has 1 aromatic carbocycles. The molecule has 2 atom stereocenters. The number of nitrogens with zero attached hydrogens (tertiary/aromatic N) is 1. The lowest BCUT2D eigenvalue weighted by molar-refractivity contribution is 0.273. The maximum Gasteiger partial charge on any atom is 0.0233 e. The highest BCUT2D eigenvalue weighted by atomic mass is 15.1. The van der Waals surface area contributed by atoms with E-state index in [0.717, 1.165) is 19.0 Å². The van der Waals surface area contributed by atoms with E-state index in [1.54, 1.807) is 0 Å². The molecule has 0 aliphatic carbocycles. The quantitative estimate of drug-likeness (QED) is 0.899. The van der Waals surface area contributed by atoms with Crippen LogP contribution in [-0.2, 0) is 6.54 Å². The number of hydrogen-bond acceptors (Lipinski definition) is 2. The standard InChI is InChI=1S/C17H28N2/c1-14-4-3-10-19(11-9-14)13-16-5-7-17(8-6-16)15(2)12-18/h5-8,14-15H,3-4,9-13,18H2,1-2H3. The molecular weight excluding hydrogens is 232 g/mol. The molecule has 1 fully saturated rings. The molecular formula is C17H28N2. The average molecular weight is 260 g/mol. The summed E-state index contributed by atoms with van der Waals surface area (Å²) in [5, 5.41) is 0. The first kappa shape index (κ1) is 14.5. The number of nitrogens with two attached hydrogens (primary N) is 1. The third kappa shape index (κ3) is 4.32. The van der Waals surface area contributed by atoms with Gasteiger partial charge in [-0.05, 0) is 61.9 Å². The van der Waals surface area contributed by atoms with Crippen LogP contribution in [0.2, 0.25) is 0 Å². The summed E-state index contributed by atoms with van der Waals surface area (Å²) in [6, 6.07) is 9.03. The smallest absolute Gasteiger partial charge is 0.0233 e. The zero-order valence-corrected chi connectivity index (χ0v) is 12.4. The molecule has 1 aliphatic rings. The number of hydrogen-bond donors (Lipinski definition) is 1. The van der Waals surface area contributed by atoms with Gasteiger partial charge in [0.25, 0.3) is 0 Å². The number of rotatable bonds is 4. The maximum atomic E-state index is 5.71. The van der Waals surface area contributed by atoms with Crippen LogP contribution in [-0.4, -0.2) is 24.5 Å². The molecule has 0 saturated carbocycles. The van der Waals surface area contributed by atoms with E-state index in [4.69, 9.17) is 5.73 Å². The van der Waals surface area contributed by atoms with Crippen LogP contribution in [0.15, 0.2) is 24.3 Å². The van der Waals surface area contributed by atoms with Crippen molar-refractivity contribution in [3.05, 3.63) is 35.4 Å². The summed E-state index contributed by atoms with van der Waals surface area (Å²) in [5.41, 5.74) is 8.50. The van der Waals surface area contributed by atoms with Crippen molar-refractivity contribution in [2.24, 2.45) is 11.7 Å². The molecule has 1 saturated heterocycles. The Morgan fingerprint density at radius 2 is 1.95 bits per heavy atom.